The highest BCUT2D eigenvalue weighted by Gasteiger charge is 2.42. The summed E-state index contributed by atoms with van der Waals surface area (Å²) in [5, 5.41) is 3.67. The van der Waals surface area contributed by atoms with Gasteiger partial charge in [-0.2, -0.15) is 0 Å². The van der Waals surface area contributed by atoms with Crippen molar-refractivity contribution in [2.75, 3.05) is 19.8 Å². The highest BCUT2D eigenvalue weighted by Crippen LogP contribution is 2.32. The molecular weight excluding hydrogens is 296 g/mol. The number of azide groups is 1. The second kappa shape index (κ2) is 7.35. The van der Waals surface area contributed by atoms with Crippen LogP contribution in [0.1, 0.15) is 18.4 Å². The number of rotatable bonds is 4. The second-order valence-electron chi connectivity index (χ2n) is 6.04. The van der Waals surface area contributed by atoms with Gasteiger partial charge in [-0.05, 0) is 29.9 Å². The van der Waals surface area contributed by atoms with Crippen LogP contribution in [0, 0.1) is 5.92 Å². The Kier molecular flexibility index (Phi) is 5.00. The lowest BCUT2D eigenvalue weighted by atomic mass is 9.85. The molecule has 1 aromatic carbocycles. The van der Waals surface area contributed by atoms with Crippen molar-refractivity contribution in [2.45, 2.75) is 31.5 Å². The molecule has 1 aromatic rings. The third-order valence-corrected chi connectivity index (χ3v) is 4.44. The van der Waals surface area contributed by atoms with E-state index in [-0.39, 0.29) is 24.8 Å². The summed E-state index contributed by atoms with van der Waals surface area (Å²) in [6.07, 6.45) is 1.29. The van der Waals surface area contributed by atoms with Crippen molar-refractivity contribution >= 4 is 6.09 Å². The van der Waals surface area contributed by atoms with E-state index >= 15 is 0 Å². The van der Waals surface area contributed by atoms with Crippen LogP contribution < -0.4 is 0 Å². The zero-order chi connectivity index (χ0) is 16.1. The Balaban J connectivity index is 1.60. The molecule has 23 heavy (non-hydrogen) atoms. The fourth-order valence-corrected chi connectivity index (χ4v) is 3.42. The first-order chi connectivity index (χ1) is 11.3. The third kappa shape index (κ3) is 3.75. The average Bonchev–Trinajstić information content (AvgIpc) is 2.58. The van der Waals surface area contributed by atoms with Crippen molar-refractivity contribution in [3.8, 4) is 0 Å². The Morgan fingerprint density at radius 3 is 2.65 bits per heavy atom. The van der Waals surface area contributed by atoms with Gasteiger partial charge in [-0.15, -0.1) is 0 Å². The molecular formula is C16H20N4O3. The minimum Gasteiger partial charge on any atom is -0.445 e. The largest absolute Gasteiger partial charge is 0.445 e. The third-order valence-electron chi connectivity index (χ3n) is 4.44. The van der Waals surface area contributed by atoms with E-state index in [4.69, 9.17) is 15.0 Å². The molecule has 0 radical (unpaired) electrons. The van der Waals surface area contributed by atoms with E-state index in [1.54, 1.807) is 0 Å². The standard InChI is InChI=1S/C16H20N4O3/c17-19-18-8-13-6-14-10-22-11-15(7-13)20(14)16(21)23-9-12-4-2-1-3-5-12/h1-5,13-15H,6-11H2. The van der Waals surface area contributed by atoms with E-state index in [9.17, 15) is 4.79 Å². The Labute approximate surface area is 134 Å². The van der Waals surface area contributed by atoms with E-state index in [0.717, 1.165) is 18.4 Å². The van der Waals surface area contributed by atoms with Crippen LogP contribution in [0.2, 0.25) is 0 Å². The number of carbonyl (C=O) groups excluding carboxylic acids is 1. The predicted octanol–water partition coefficient (Wildman–Crippen LogP) is 3.11. The molecule has 2 unspecified atom stereocenters. The monoisotopic (exact) mass is 316 g/mol. The summed E-state index contributed by atoms with van der Waals surface area (Å²) in [5.74, 6) is 0.308. The Hall–Kier alpha value is -2.24. The molecule has 2 heterocycles. The van der Waals surface area contributed by atoms with Crippen LogP contribution in [-0.2, 0) is 16.1 Å². The number of hydrogen-bond acceptors (Lipinski definition) is 4. The number of benzene rings is 1. The molecule has 0 aliphatic carbocycles. The molecule has 0 N–H and O–H groups in total. The van der Waals surface area contributed by atoms with Crippen molar-refractivity contribution in [2.24, 2.45) is 11.0 Å². The van der Waals surface area contributed by atoms with Crippen molar-refractivity contribution in [3.63, 3.8) is 0 Å². The Bertz CT molecular complexity index is 574. The van der Waals surface area contributed by atoms with Gasteiger partial charge in [-0.1, -0.05) is 35.4 Å². The number of fused-ring (bicyclic) bond motifs is 2. The maximum absolute atomic E-state index is 12.5. The van der Waals surface area contributed by atoms with Crippen LogP contribution in [0.5, 0.6) is 0 Å². The molecule has 122 valence electrons. The number of piperidine rings is 1. The quantitative estimate of drug-likeness (QED) is 0.486. The highest BCUT2D eigenvalue weighted by atomic mass is 16.6. The topological polar surface area (TPSA) is 87.5 Å². The fraction of sp³-hybridized carbons (Fsp3) is 0.562. The van der Waals surface area contributed by atoms with Crippen LogP contribution in [0.3, 0.4) is 0 Å². The maximum Gasteiger partial charge on any atom is 0.410 e. The molecule has 2 aliphatic heterocycles. The fourth-order valence-electron chi connectivity index (χ4n) is 3.42. The van der Waals surface area contributed by atoms with Crippen molar-refractivity contribution in [3.05, 3.63) is 46.3 Å². The van der Waals surface area contributed by atoms with Gasteiger partial charge < -0.3 is 9.47 Å². The van der Waals surface area contributed by atoms with E-state index in [1.807, 2.05) is 35.2 Å². The number of ether oxygens (including phenoxy) is 2. The van der Waals surface area contributed by atoms with Crippen LogP contribution in [0.4, 0.5) is 4.79 Å². The zero-order valence-corrected chi connectivity index (χ0v) is 12.9. The van der Waals surface area contributed by atoms with Gasteiger partial charge in [0.2, 0.25) is 0 Å². The van der Waals surface area contributed by atoms with Crippen LogP contribution >= 0.6 is 0 Å². The lowest BCUT2D eigenvalue weighted by Gasteiger charge is -2.47. The highest BCUT2D eigenvalue weighted by molar-refractivity contribution is 5.69. The van der Waals surface area contributed by atoms with E-state index in [1.165, 1.54) is 0 Å². The Morgan fingerprint density at radius 1 is 1.30 bits per heavy atom. The summed E-state index contributed by atoms with van der Waals surface area (Å²) in [5.41, 5.74) is 9.44. The molecule has 0 spiro atoms. The molecule has 0 saturated carbocycles. The smallest absolute Gasteiger partial charge is 0.410 e. The summed E-state index contributed by atoms with van der Waals surface area (Å²) >= 11 is 0. The first-order valence-electron chi connectivity index (χ1n) is 7.85. The van der Waals surface area contributed by atoms with Crippen molar-refractivity contribution < 1.29 is 14.3 Å². The van der Waals surface area contributed by atoms with Crippen molar-refractivity contribution in [1.29, 1.82) is 0 Å². The number of amides is 1. The summed E-state index contributed by atoms with van der Waals surface area (Å²) in [7, 11) is 0. The Morgan fingerprint density at radius 2 is 2.00 bits per heavy atom. The summed E-state index contributed by atoms with van der Waals surface area (Å²) in [4.78, 5) is 17.1. The SMILES string of the molecule is [N-]=[N+]=NCC1CC2COCC(C1)N2C(=O)OCc1ccccc1. The van der Waals surface area contributed by atoms with Gasteiger partial charge in [0.25, 0.3) is 0 Å². The predicted molar refractivity (Wildman–Crippen MR) is 83.6 cm³/mol. The van der Waals surface area contributed by atoms with Crippen LogP contribution in [-0.4, -0.2) is 42.8 Å². The average molecular weight is 316 g/mol. The molecule has 3 rings (SSSR count). The summed E-state index contributed by atoms with van der Waals surface area (Å²) < 4.78 is 11.0. The van der Waals surface area contributed by atoms with Crippen LogP contribution in [0.15, 0.2) is 35.4 Å². The van der Waals surface area contributed by atoms with Crippen molar-refractivity contribution in [1.82, 2.24) is 4.90 Å². The van der Waals surface area contributed by atoms with Gasteiger partial charge in [-0.3, -0.25) is 4.90 Å². The number of nitrogens with zero attached hydrogens (tertiary/aromatic N) is 4. The summed E-state index contributed by atoms with van der Waals surface area (Å²) in [6, 6.07) is 9.66. The molecule has 7 heteroatoms. The summed E-state index contributed by atoms with van der Waals surface area (Å²) in [6.45, 7) is 1.79. The van der Waals surface area contributed by atoms with Gasteiger partial charge in [0.1, 0.15) is 6.61 Å². The van der Waals surface area contributed by atoms with Gasteiger partial charge in [-0.25, -0.2) is 4.79 Å². The first kappa shape index (κ1) is 15.6. The number of hydrogen-bond donors (Lipinski definition) is 0. The lowest BCUT2D eigenvalue weighted by Crippen LogP contribution is -2.59. The second-order valence-corrected chi connectivity index (χ2v) is 6.04. The van der Waals surface area contributed by atoms with Gasteiger partial charge in [0.05, 0.1) is 25.3 Å². The normalized spacial score (nSPS) is 26.3. The van der Waals surface area contributed by atoms with Gasteiger partial charge in [0, 0.05) is 11.5 Å². The minimum atomic E-state index is -0.283. The molecule has 7 nitrogen and oxygen atoms in total. The molecule has 1 amide bonds. The van der Waals surface area contributed by atoms with E-state index < -0.39 is 0 Å². The molecule has 2 saturated heterocycles. The zero-order valence-electron chi connectivity index (χ0n) is 12.9. The molecule has 2 atom stereocenters. The maximum atomic E-state index is 12.5. The first-order valence-corrected chi connectivity index (χ1v) is 7.85. The van der Waals surface area contributed by atoms with Gasteiger partial charge in [0.15, 0.2) is 0 Å². The van der Waals surface area contributed by atoms with E-state index in [0.29, 0.717) is 25.7 Å². The molecule has 2 aliphatic rings. The molecule has 2 fully saturated rings. The molecule has 0 aromatic heterocycles. The van der Waals surface area contributed by atoms with Gasteiger partial charge >= 0.3 is 6.09 Å². The van der Waals surface area contributed by atoms with E-state index in [2.05, 4.69) is 10.0 Å². The minimum absolute atomic E-state index is 0.00432. The lowest BCUT2D eigenvalue weighted by molar-refractivity contribution is -0.0783. The van der Waals surface area contributed by atoms with Crippen LogP contribution in [0.25, 0.3) is 10.4 Å². The number of carbonyl (C=O) groups is 1. The number of morpholine rings is 1. The molecule has 2 bridgehead atoms.